The Morgan fingerprint density at radius 2 is 1.71 bits per heavy atom. The summed E-state index contributed by atoms with van der Waals surface area (Å²) in [5, 5.41) is 2.35. The van der Waals surface area contributed by atoms with E-state index in [0.29, 0.717) is 6.61 Å². The number of allylic oxidation sites excluding steroid dienone is 2. The Balaban J connectivity index is 2.19. The summed E-state index contributed by atoms with van der Waals surface area (Å²) in [6.45, 7) is 6.28. The van der Waals surface area contributed by atoms with Crippen LogP contribution in [0.15, 0.2) is 59.2 Å². The van der Waals surface area contributed by atoms with Gasteiger partial charge < -0.3 is 4.74 Å². The molecule has 0 saturated heterocycles. The van der Waals surface area contributed by atoms with Crippen LogP contribution in [0.4, 0.5) is 0 Å². The molecule has 0 fully saturated rings. The van der Waals surface area contributed by atoms with E-state index in [4.69, 9.17) is 4.74 Å². The highest BCUT2D eigenvalue weighted by molar-refractivity contribution is 6.14. The zero-order chi connectivity index (χ0) is 15.0. The molecule has 0 atom stereocenters. The van der Waals surface area contributed by atoms with E-state index in [2.05, 4.69) is 31.2 Å². The molecule has 0 amide bonds. The van der Waals surface area contributed by atoms with E-state index in [0.717, 1.165) is 22.3 Å². The maximum atomic E-state index is 12.2. The standard InChI is InChI=1S/C19H18O2/c1-4-21-19(20)18-13(3)12(2)17(18)16-11-7-9-14-8-5-6-10-15(14)16/h5-11H,4H2,1-3H3. The van der Waals surface area contributed by atoms with Gasteiger partial charge in [-0.05, 0) is 48.3 Å². The summed E-state index contributed by atoms with van der Waals surface area (Å²) in [7, 11) is 0. The van der Waals surface area contributed by atoms with Crippen molar-refractivity contribution in [3.8, 4) is 0 Å². The van der Waals surface area contributed by atoms with E-state index in [-0.39, 0.29) is 5.97 Å². The van der Waals surface area contributed by atoms with Crippen molar-refractivity contribution in [1.29, 1.82) is 0 Å². The van der Waals surface area contributed by atoms with Crippen molar-refractivity contribution in [2.24, 2.45) is 0 Å². The smallest absolute Gasteiger partial charge is 0.339 e. The average Bonchev–Trinajstić information content (AvgIpc) is 2.51. The molecule has 2 nitrogen and oxygen atoms in total. The summed E-state index contributed by atoms with van der Waals surface area (Å²) >= 11 is 0. The van der Waals surface area contributed by atoms with Crippen molar-refractivity contribution >= 4 is 22.3 Å². The van der Waals surface area contributed by atoms with E-state index in [9.17, 15) is 4.79 Å². The Hall–Kier alpha value is -2.35. The van der Waals surface area contributed by atoms with E-state index in [1.807, 2.05) is 32.0 Å². The van der Waals surface area contributed by atoms with Crippen LogP contribution in [0.3, 0.4) is 0 Å². The molecular weight excluding hydrogens is 260 g/mol. The third kappa shape index (κ3) is 2.07. The minimum absolute atomic E-state index is 0.219. The molecule has 2 aromatic rings. The molecule has 21 heavy (non-hydrogen) atoms. The molecule has 2 heteroatoms. The van der Waals surface area contributed by atoms with E-state index in [1.54, 1.807) is 0 Å². The highest BCUT2D eigenvalue weighted by atomic mass is 16.5. The van der Waals surface area contributed by atoms with Gasteiger partial charge in [0.25, 0.3) is 0 Å². The first-order chi connectivity index (χ1) is 10.1. The fourth-order valence-corrected chi connectivity index (χ4v) is 2.93. The number of hydrogen-bond donors (Lipinski definition) is 0. The maximum absolute atomic E-state index is 12.2. The fraction of sp³-hybridized carbons (Fsp3) is 0.211. The number of fused-ring (bicyclic) bond motifs is 1. The van der Waals surface area contributed by atoms with Crippen LogP contribution in [-0.2, 0) is 9.53 Å². The summed E-state index contributed by atoms with van der Waals surface area (Å²) in [6, 6.07) is 14.5. The highest BCUT2D eigenvalue weighted by Crippen LogP contribution is 2.44. The van der Waals surface area contributed by atoms with Crippen LogP contribution in [0.25, 0.3) is 16.3 Å². The van der Waals surface area contributed by atoms with Gasteiger partial charge >= 0.3 is 5.97 Å². The van der Waals surface area contributed by atoms with Crippen molar-refractivity contribution < 1.29 is 9.53 Å². The van der Waals surface area contributed by atoms with Crippen LogP contribution >= 0.6 is 0 Å². The average molecular weight is 278 g/mol. The zero-order valence-electron chi connectivity index (χ0n) is 12.6. The zero-order valence-corrected chi connectivity index (χ0v) is 12.6. The first kappa shape index (κ1) is 13.6. The topological polar surface area (TPSA) is 26.3 Å². The molecule has 0 spiro atoms. The predicted octanol–water partition coefficient (Wildman–Crippen LogP) is 4.51. The molecule has 106 valence electrons. The first-order valence-corrected chi connectivity index (χ1v) is 7.23. The van der Waals surface area contributed by atoms with Gasteiger partial charge in [0.1, 0.15) is 0 Å². The molecular formula is C19H18O2. The number of ether oxygens (including phenoxy) is 1. The van der Waals surface area contributed by atoms with E-state index >= 15 is 0 Å². The molecule has 1 aliphatic rings. The number of esters is 1. The largest absolute Gasteiger partial charge is 0.462 e. The van der Waals surface area contributed by atoms with Crippen molar-refractivity contribution in [2.75, 3.05) is 6.61 Å². The Morgan fingerprint density at radius 3 is 2.48 bits per heavy atom. The van der Waals surface area contributed by atoms with Crippen LogP contribution in [0.5, 0.6) is 0 Å². The van der Waals surface area contributed by atoms with Crippen LogP contribution < -0.4 is 0 Å². The van der Waals surface area contributed by atoms with Gasteiger partial charge in [0.15, 0.2) is 0 Å². The summed E-state index contributed by atoms with van der Waals surface area (Å²) in [5.74, 6) is -0.219. The molecule has 0 aliphatic heterocycles. The Morgan fingerprint density at radius 1 is 1.00 bits per heavy atom. The van der Waals surface area contributed by atoms with Crippen LogP contribution in [0, 0.1) is 0 Å². The molecule has 0 saturated carbocycles. The summed E-state index contributed by atoms with van der Waals surface area (Å²) < 4.78 is 5.20. The molecule has 0 unspecified atom stereocenters. The Labute approximate surface area is 124 Å². The van der Waals surface area contributed by atoms with Crippen molar-refractivity contribution in [3.05, 3.63) is 64.7 Å². The van der Waals surface area contributed by atoms with E-state index in [1.165, 1.54) is 16.3 Å². The molecule has 0 N–H and O–H groups in total. The van der Waals surface area contributed by atoms with Crippen molar-refractivity contribution in [2.45, 2.75) is 20.8 Å². The second-order valence-electron chi connectivity index (χ2n) is 5.25. The lowest BCUT2D eigenvalue weighted by Gasteiger charge is -2.27. The van der Waals surface area contributed by atoms with Gasteiger partial charge in [-0.25, -0.2) is 4.79 Å². The monoisotopic (exact) mass is 278 g/mol. The van der Waals surface area contributed by atoms with Crippen LogP contribution in [0.1, 0.15) is 26.3 Å². The Kier molecular flexibility index (Phi) is 3.38. The molecule has 0 radical (unpaired) electrons. The number of carbonyl (C=O) groups is 1. The molecule has 0 bridgehead atoms. The third-order valence-electron chi connectivity index (χ3n) is 4.10. The van der Waals surface area contributed by atoms with Crippen molar-refractivity contribution in [1.82, 2.24) is 0 Å². The minimum atomic E-state index is -0.219. The van der Waals surface area contributed by atoms with Gasteiger partial charge in [-0.2, -0.15) is 0 Å². The summed E-state index contributed by atoms with van der Waals surface area (Å²) in [6.07, 6.45) is 0. The Bertz CT molecular complexity index is 789. The van der Waals surface area contributed by atoms with Crippen molar-refractivity contribution in [3.63, 3.8) is 0 Å². The van der Waals surface area contributed by atoms with Gasteiger partial charge in [0.2, 0.25) is 0 Å². The van der Waals surface area contributed by atoms with E-state index < -0.39 is 0 Å². The summed E-state index contributed by atoms with van der Waals surface area (Å²) in [4.78, 5) is 12.2. The molecule has 1 aliphatic carbocycles. The minimum Gasteiger partial charge on any atom is -0.462 e. The number of hydrogen-bond acceptors (Lipinski definition) is 2. The number of carbonyl (C=O) groups excluding carboxylic acids is 1. The summed E-state index contributed by atoms with van der Waals surface area (Å²) in [5.41, 5.74) is 5.08. The van der Waals surface area contributed by atoms with Gasteiger partial charge in [0.05, 0.1) is 12.2 Å². The number of benzene rings is 2. The maximum Gasteiger partial charge on any atom is 0.339 e. The van der Waals surface area contributed by atoms with Gasteiger partial charge in [-0.3, -0.25) is 0 Å². The SMILES string of the molecule is CCOC(=O)C1=C(c2cccc3ccccc23)C(C)=C1C. The van der Waals surface area contributed by atoms with Gasteiger partial charge in [0, 0.05) is 5.57 Å². The van der Waals surface area contributed by atoms with Crippen LogP contribution in [0.2, 0.25) is 0 Å². The van der Waals surface area contributed by atoms with Gasteiger partial charge in [-0.1, -0.05) is 42.5 Å². The molecule has 2 aromatic carbocycles. The molecule has 0 heterocycles. The number of rotatable bonds is 3. The second kappa shape index (κ2) is 5.21. The van der Waals surface area contributed by atoms with Gasteiger partial charge in [-0.15, -0.1) is 0 Å². The lowest BCUT2D eigenvalue weighted by molar-refractivity contribution is -0.138. The highest BCUT2D eigenvalue weighted by Gasteiger charge is 2.30. The normalized spacial score (nSPS) is 14.4. The predicted molar refractivity (Wildman–Crippen MR) is 85.9 cm³/mol. The second-order valence-corrected chi connectivity index (χ2v) is 5.25. The lowest BCUT2D eigenvalue weighted by Crippen LogP contribution is -2.18. The lowest BCUT2D eigenvalue weighted by atomic mass is 9.77. The quantitative estimate of drug-likeness (QED) is 0.772. The third-order valence-corrected chi connectivity index (χ3v) is 4.10. The first-order valence-electron chi connectivity index (χ1n) is 7.23. The molecule has 0 aromatic heterocycles. The van der Waals surface area contributed by atoms with Crippen LogP contribution in [-0.4, -0.2) is 12.6 Å². The fourth-order valence-electron chi connectivity index (χ4n) is 2.93. The molecule has 3 rings (SSSR count).